The molecule has 2 aromatic carbocycles. The summed E-state index contributed by atoms with van der Waals surface area (Å²) in [5.74, 6) is -3.20. The Morgan fingerprint density at radius 3 is 2.57 bits per heavy atom. The first kappa shape index (κ1) is 22.7. The van der Waals surface area contributed by atoms with Crippen molar-refractivity contribution in [3.05, 3.63) is 53.6 Å². The normalized spacial score (nSPS) is 15.3. The summed E-state index contributed by atoms with van der Waals surface area (Å²) in [6, 6.07) is 10.7. The monoisotopic (exact) mass is 456 g/mol. The number of hydrogen-bond acceptors (Lipinski definition) is 5. The molecule has 6 nitrogen and oxygen atoms in total. The predicted molar refractivity (Wildman–Crippen MR) is 112 cm³/mol. The summed E-state index contributed by atoms with van der Waals surface area (Å²) < 4.78 is 58.4. The summed E-state index contributed by atoms with van der Waals surface area (Å²) in [6.45, 7) is 2.98. The molecule has 1 saturated heterocycles. The molecule has 1 aliphatic heterocycles. The average Bonchev–Trinajstić information content (AvgIpc) is 2.75. The zero-order valence-electron chi connectivity index (χ0n) is 16.3. The van der Waals surface area contributed by atoms with Crippen molar-refractivity contribution >= 4 is 33.4 Å². The maximum Gasteiger partial charge on any atom is 0.288 e. The molecule has 1 N–H and O–H groups in total. The van der Waals surface area contributed by atoms with E-state index in [2.05, 4.69) is 5.32 Å². The SMILES string of the molecule is CCc1ccc(C(=O)Nc2ccccc2SC(F)F)cc1S(=O)(=O)N1CCOCC1. The van der Waals surface area contributed by atoms with Crippen LogP contribution in [0, 0.1) is 0 Å². The Hall–Kier alpha value is -2.01. The molecule has 0 unspecified atom stereocenters. The van der Waals surface area contributed by atoms with Crippen LogP contribution in [0.5, 0.6) is 0 Å². The minimum Gasteiger partial charge on any atom is -0.379 e. The van der Waals surface area contributed by atoms with Crippen LogP contribution in [0.4, 0.5) is 14.5 Å². The van der Waals surface area contributed by atoms with Gasteiger partial charge in [0.1, 0.15) is 0 Å². The molecule has 0 saturated carbocycles. The highest BCUT2D eigenvalue weighted by molar-refractivity contribution is 7.99. The molecule has 1 fully saturated rings. The number of para-hydroxylation sites is 1. The van der Waals surface area contributed by atoms with Crippen molar-refractivity contribution in [1.82, 2.24) is 4.31 Å². The molecule has 2 aromatic rings. The predicted octanol–water partition coefficient (Wildman–Crippen LogP) is 3.84. The van der Waals surface area contributed by atoms with E-state index in [1.165, 1.54) is 28.6 Å². The summed E-state index contributed by atoms with van der Waals surface area (Å²) in [7, 11) is -3.79. The molecule has 10 heteroatoms. The Labute approximate surface area is 178 Å². The lowest BCUT2D eigenvalue weighted by Gasteiger charge is -2.27. The number of carbonyl (C=O) groups excluding carboxylic acids is 1. The minimum atomic E-state index is -3.79. The molecule has 1 heterocycles. The number of anilines is 1. The van der Waals surface area contributed by atoms with Crippen molar-refractivity contribution in [3.8, 4) is 0 Å². The molecule has 0 radical (unpaired) electrons. The summed E-state index contributed by atoms with van der Waals surface area (Å²) in [5.41, 5.74) is 0.979. The van der Waals surface area contributed by atoms with E-state index in [0.29, 0.717) is 37.0 Å². The first-order valence-electron chi connectivity index (χ1n) is 9.39. The number of halogens is 2. The first-order chi connectivity index (χ1) is 14.3. The fourth-order valence-corrected chi connectivity index (χ4v) is 5.44. The number of amides is 1. The van der Waals surface area contributed by atoms with E-state index in [1.54, 1.807) is 18.2 Å². The van der Waals surface area contributed by atoms with Crippen LogP contribution in [0.2, 0.25) is 0 Å². The second-order valence-corrected chi connectivity index (χ2v) is 9.46. The van der Waals surface area contributed by atoms with Crippen LogP contribution >= 0.6 is 11.8 Å². The fraction of sp³-hybridized carbons (Fsp3) is 0.350. The van der Waals surface area contributed by atoms with Crippen molar-refractivity contribution in [2.45, 2.75) is 28.9 Å². The Morgan fingerprint density at radius 1 is 1.20 bits per heavy atom. The fourth-order valence-electron chi connectivity index (χ4n) is 3.12. The number of hydrogen-bond donors (Lipinski definition) is 1. The average molecular weight is 457 g/mol. The maximum atomic E-state index is 13.1. The van der Waals surface area contributed by atoms with Crippen LogP contribution in [0.3, 0.4) is 0 Å². The highest BCUT2D eigenvalue weighted by Crippen LogP contribution is 2.32. The van der Waals surface area contributed by atoms with Gasteiger partial charge in [0.2, 0.25) is 10.0 Å². The molecular formula is C20H22F2N2O4S2. The molecular weight excluding hydrogens is 434 g/mol. The standard InChI is InChI=1S/C20H22F2N2O4S2/c1-2-14-7-8-15(13-18(14)30(26,27)24-9-11-28-12-10-24)19(25)23-16-5-3-4-6-17(16)29-20(21)22/h3-8,13,20H,2,9-12H2,1H3,(H,23,25). The molecule has 0 atom stereocenters. The maximum absolute atomic E-state index is 13.1. The zero-order chi connectivity index (χ0) is 21.7. The van der Waals surface area contributed by atoms with Crippen molar-refractivity contribution in [2.24, 2.45) is 0 Å². The largest absolute Gasteiger partial charge is 0.379 e. The molecule has 1 amide bonds. The first-order valence-corrected chi connectivity index (χ1v) is 11.7. The molecule has 3 rings (SSSR count). The topological polar surface area (TPSA) is 75.7 Å². The zero-order valence-corrected chi connectivity index (χ0v) is 17.9. The van der Waals surface area contributed by atoms with Crippen LogP contribution in [-0.4, -0.2) is 50.7 Å². The second kappa shape index (κ2) is 9.86. The molecule has 0 aliphatic carbocycles. The van der Waals surface area contributed by atoms with Gasteiger partial charge in [0.05, 0.1) is 23.8 Å². The minimum absolute atomic E-state index is 0.0785. The number of nitrogens with zero attached hydrogens (tertiary/aromatic N) is 1. The third kappa shape index (κ3) is 5.18. The number of thioether (sulfide) groups is 1. The number of nitrogens with one attached hydrogen (secondary N) is 1. The molecule has 1 aliphatic rings. The summed E-state index contributed by atoms with van der Waals surface area (Å²) in [4.78, 5) is 13.1. The molecule has 0 aromatic heterocycles. The van der Waals surface area contributed by atoms with Gasteiger partial charge in [-0.3, -0.25) is 4.79 Å². The number of aryl methyl sites for hydroxylation is 1. The second-order valence-electron chi connectivity index (χ2n) is 6.52. The van der Waals surface area contributed by atoms with Gasteiger partial charge in [-0.05, 0) is 36.2 Å². The van der Waals surface area contributed by atoms with E-state index < -0.39 is 21.7 Å². The third-order valence-electron chi connectivity index (χ3n) is 4.65. The number of sulfonamides is 1. The van der Waals surface area contributed by atoms with Crippen molar-refractivity contribution < 1.29 is 26.7 Å². The van der Waals surface area contributed by atoms with Gasteiger partial charge < -0.3 is 10.1 Å². The number of benzene rings is 2. The summed E-state index contributed by atoms with van der Waals surface area (Å²) in [6.07, 6.45) is 0.481. The highest BCUT2D eigenvalue weighted by atomic mass is 32.2. The van der Waals surface area contributed by atoms with Gasteiger partial charge in [-0.25, -0.2) is 8.42 Å². The van der Waals surface area contributed by atoms with Gasteiger partial charge in [0.15, 0.2) is 0 Å². The van der Waals surface area contributed by atoms with Crippen LogP contribution in [0.25, 0.3) is 0 Å². The number of alkyl halides is 2. The van der Waals surface area contributed by atoms with Crippen LogP contribution in [-0.2, 0) is 21.2 Å². The number of carbonyl (C=O) groups is 1. The lowest BCUT2D eigenvalue weighted by atomic mass is 10.1. The molecule has 0 bridgehead atoms. The lowest BCUT2D eigenvalue weighted by molar-refractivity contribution is 0.0730. The van der Waals surface area contributed by atoms with E-state index in [4.69, 9.17) is 4.74 Å². The summed E-state index contributed by atoms with van der Waals surface area (Å²) >= 11 is 0.332. The number of morpholine rings is 1. The van der Waals surface area contributed by atoms with Gasteiger partial charge in [-0.1, -0.05) is 36.9 Å². The molecule has 0 spiro atoms. The van der Waals surface area contributed by atoms with E-state index in [-0.39, 0.29) is 34.1 Å². The van der Waals surface area contributed by atoms with E-state index in [9.17, 15) is 22.0 Å². The summed E-state index contributed by atoms with van der Waals surface area (Å²) in [5, 5.41) is 2.61. The lowest BCUT2D eigenvalue weighted by Crippen LogP contribution is -2.41. The van der Waals surface area contributed by atoms with Crippen LogP contribution in [0.1, 0.15) is 22.8 Å². The van der Waals surface area contributed by atoms with Crippen molar-refractivity contribution in [3.63, 3.8) is 0 Å². The quantitative estimate of drug-likeness (QED) is 0.641. The van der Waals surface area contributed by atoms with Crippen LogP contribution in [0.15, 0.2) is 52.3 Å². The Kier molecular flexibility index (Phi) is 7.45. The van der Waals surface area contributed by atoms with Gasteiger partial charge in [-0.2, -0.15) is 13.1 Å². The van der Waals surface area contributed by atoms with Crippen molar-refractivity contribution in [1.29, 1.82) is 0 Å². The number of rotatable bonds is 7. The van der Waals surface area contributed by atoms with Gasteiger partial charge >= 0.3 is 0 Å². The highest BCUT2D eigenvalue weighted by Gasteiger charge is 2.29. The van der Waals surface area contributed by atoms with E-state index in [1.807, 2.05) is 6.92 Å². The smallest absolute Gasteiger partial charge is 0.288 e. The van der Waals surface area contributed by atoms with Gasteiger partial charge in [0.25, 0.3) is 11.7 Å². The Morgan fingerprint density at radius 2 is 1.90 bits per heavy atom. The van der Waals surface area contributed by atoms with Gasteiger partial charge in [0, 0.05) is 23.5 Å². The third-order valence-corrected chi connectivity index (χ3v) is 7.42. The van der Waals surface area contributed by atoms with Crippen LogP contribution < -0.4 is 5.32 Å². The van der Waals surface area contributed by atoms with Crippen molar-refractivity contribution in [2.75, 3.05) is 31.6 Å². The Bertz CT molecular complexity index is 1010. The molecule has 30 heavy (non-hydrogen) atoms. The number of ether oxygens (including phenoxy) is 1. The Balaban J connectivity index is 1.91. The van der Waals surface area contributed by atoms with E-state index >= 15 is 0 Å². The van der Waals surface area contributed by atoms with Gasteiger partial charge in [-0.15, -0.1) is 0 Å². The molecule has 162 valence electrons. The van der Waals surface area contributed by atoms with E-state index in [0.717, 1.165) is 0 Å².